The van der Waals surface area contributed by atoms with Crippen molar-refractivity contribution in [2.45, 2.75) is 71.8 Å². The molecule has 1 unspecified atom stereocenters. The van der Waals surface area contributed by atoms with Gasteiger partial charge >= 0.3 is 6.09 Å². The van der Waals surface area contributed by atoms with Crippen LogP contribution in [0.5, 0.6) is 0 Å². The first kappa shape index (κ1) is 16.5. The molecule has 17 heavy (non-hydrogen) atoms. The van der Waals surface area contributed by atoms with Gasteiger partial charge in [-0.05, 0) is 31.6 Å². The van der Waals surface area contributed by atoms with E-state index < -0.39 is 6.09 Å². The quantitative estimate of drug-likeness (QED) is 0.597. The van der Waals surface area contributed by atoms with Crippen LogP contribution in [0.15, 0.2) is 4.36 Å². The van der Waals surface area contributed by atoms with Gasteiger partial charge in [0.05, 0.1) is 0 Å². The Kier molecular flexibility index (Phi) is 8.30. The Hall–Kier alpha value is -0.510. The third-order valence-corrected chi connectivity index (χ3v) is 3.19. The number of carbonyl (C=O) groups excluding carboxylic acids is 1. The van der Waals surface area contributed by atoms with Gasteiger partial charge in [-0.3, -0.25) is 0 Å². The highest BCUT2D eigenvalue weighted by molar-refractivity contribution is 7.47. The summed E-state index contributed by atoms with van der Waals surface area (Å²) in [7, 11) is 0. The molecule has 0 aromatic carbocycles. The molecule has 0 aliphatic heterocycles. The van der Waals surface area contributed by atoms with Gasteiger partial charge in [0.2, 0.25) is 0 Å². The lowest BCUT2D eigenvalue weighted by atomic mass is 9.85. The summed E-state index contributed by atoms with van der Waals surface area (Å²) in [6.45, 7) is 8.51. The predicted octanol–water partition coefficient (Wildman–Crippen LogP) is 4.63. The molecule has 0 heterocycles. The van der Waals surface area contributed by atoms with E-state index in [-0.39, 0.29) is 5.60 Å². The molecule has 0 radical (unpaired) electrons. The lowest BCUT2D eigenvalue weighted by molar-refractivity contribution is -0.0104. The fourth-order valence-corrected chi connectivity index (χ4v) is 2.27. The first-order chi connectivity index (χ1) is 7.99. The zero-order chi connectivity index (χ0) is 13.3. The Balaban J connectivity index is 4.60. The Labute approximate surface area is 110 Å². The maximum atomic E-state index is 11.3. The van der Waals surface area contributed by atoms with Crippen molar-refractivity contribution in [3.63, 3.8) is 0 Å². The summed E-state index contributed by atoms with van der Waals surface area (Å²) in [5.74, 6) is 0.495. The molecule has 3 nitrogen and oxygen atoms in total. The second-order valence-corrected chi connectivity index (χ2v) is 5.23. The molecule has 0 bridgehead atoms. The summed E-state index contributed by atoms with van der Waals surface area (Å²) >= 11 is 4.39. The first-order valence-electron chi connectivity index (χ1n) is 6.56. The van der Waals surface area contributed by atoms with Gasteiger partial charge in [-0.25, -0.2) is 4.79 Å². The molecule has 100 valence electrons. The molecule has 4 heteroatoms. The molecule has 0 fully saturated rings. The van der Waals surface area contributed by atoms with Crippen molar-refractivity contribution >= 4 is 18.5 Å². The Bertz CT molecular complexity index is 244. The molecular weight excluding hydrogens is 234 g/mol. The Morgan fingerprint density at radius 1 is 1.35 bits per heavy atom. The van der Waals surface area contributed by atoms with Gasteiger partial charge in [0.15, 0.2) is 0 Å². The molecule has 0 aromatic heterocycles. The minimum atomic E-state index is -0.612. The van der Waals surface area contributed by atoms with Crippen LogP contribution in [0.1, 0.15) is 66.2 Å². The van der Waals surface area contributed by atoms with Gasteiger partial charge in [0.25, 0.3) is 0 Å². The van der Waals surface area contributed by atoms with Crippen LogP contribution in [0, 0.1) is 5.92 Å². The van der Waals surface area contributed by atoms with Crippen LogP contribution in [0.2, 0.25) is 0 Å². The smallest absolute Gasteiger partial charge is 0.441 e. The van der Waals surface area contributed by atoms with E-state index >= 15 is 0 Å². The van der Waals surface area contributed by atoms with Gasteiger partial charge in [-0.15, -0.1) is 4.36 Å². The maximum Gasteiger partial charge on any atom is 0.445 e. The number of hydrogen-bond acceptors (Lipinski definition) is 3. The van der Waals surface area contributed by atoms with Gasteiger partial charge < -0.3 is 4.74 Å². The Morgan fingerprint density at radius 2 is 2.00 bits per heavy atom. The number of carbonyl (C=O) groups is 1. The number of unbranched alkanes of at least 4 members (excludes halogenated alkanes) is 2. The van der Waals surface area contributed by atoms with Crippen molar-refractivity contribution in [3.8, 4) is 0 Å². The fourth-order valence-electron chi connectivity index (χ4n) is 2.23. The molecule has 0 N–H and O–H groups in total. The van der Waals surface area contributed by atoms with Crippen molar-refractivity contribution in [2.24, 2.45) is 10.3 Å². The molecule has 0 spiro atoms. The van der Waals surface area contributed by atoms with E-state index in [1.807, 2.05) is 0 Å². The van der Waals surface area contributed by atoms with E-state index in [1.54, 1.807) is 0 Å². The maximum absolute atomic E-state index is 11.3. The normalized spacial score (nSPS) is 14.4. The number of amides is 1. The average molecular weight is 259 g/mol. The van der Waals surface area contributed by atoms with E-state index in [2.05, 4.69) is 44.5 Å². The fraction of sp³-hybridized carbons (Fsp3) is 0.923. The van der Waals surface area contributed by atoms with E-state index in [9.17, 15) is 4.79 Å². The number of hydrogen-bond donors (Lipinski definition) is 0. The molecule has 0 aliphatic carbocycles. The van der Waals surface area contributed by atoms with E-state index in [4.69, 9.17) is 4.74 Å². The van der Waals surface area contributed by atoms with Crippen LogP contribution >= 0.6 is 0 Å². The molecule has 0 aliphatic rings. The van der Waals surface area contributed by atoms with Crippen molar-refractivity contribution < 1.29 is 9.53 Å². The van der Waals surface area contributed by atoms with Gasteiger partial charge in [-0.2, -0.15) is 0 Å². The molecular formula is C13H25NO2S. The minimum Gasteiger partial charge on any atom is -0.441 e. The minimum absolute atomic E-state index is 0.372. The summed E-state index contributed by atoms with van der Waals surface area (Å²) in [5.41, 5.74) is -0.372. The van der Waals surface area contributed by atoms with Crippen LogP contribution in [-0.4, -0.2) is 11.7 Å². The SMILES string of the molecule is CCCCCC(CC)(CC(C)C)OC(=O)N=S. The van der Waals surface area contributed by atoms with E-state index in [0.717, 1.165) is 25.7 Å². The van der Waals surface area contributed by atoms with Crippen LogP contribution in [0.3, 0.4) is 0 Å². The molecule has 1 atom stereocenters. The lowest BCUT2D eigenvalue weighted by Crippen LogP contribution is -2.35. The highest BCUT2D eigenvalue weighted by Crippen LogP contribution is 2.31. The summed E-state index contributed by atoms with van der Waals surface area (Å²) in [4.78, 5) is 11.3. The van der Waals surface area contributed by atoms with Crippen LogP contribution < -0.4 is 0 Å². The predicted molar refractivity (Wildman–Crippen MR) is 72.9 cm³/mol. The highest BCUT2D eigenvalue weighted by Gasteiger charge is 2.32. The largest absolute Gasteiger partial charge is 0.445 e. The van der Waals surface area contributed by atoms with Crippen molar-refractivity contribution in [3.05, 3.63) is 0 Å². The number of ether oxygens (including phenoxy) is 1. The summed E-state index contributed by atoms with van der Waals surface area (Å²) in [6.07, 6.45) is 5.42. The molecule has 0 saturated heterocycles. The summed E-state index contributed by atoms with van der Waals surface area (Å²) < 4.78 is 8.66. The molecule has 0 rings (SSSR count). The zero-order valence-corrected chi connectivity index (χ0v) is 12.3. The van der Waals surface area contributed by atoms with Gasteiger partial charge in [-0.1, -0.05) is 40.5 Å². The van der Waals surface area contributed by atoms with Crippen LogP contribution in [0.4, 0.5) is 4.79 Å². The topological polar surface area (TPSA) is 38.7 Å². The third kappa shape index (κ3) is 6.71. The standard InChI is InChI=1S/C13H25NO2S/c1-5-7-8-9-13(6-2,10-11(3)4)16-12(15)14-17/h11H,5-10H2,1-4H3. The summed E-state index contributed by atoms with van der Waals surface area (Å²) in [6, 6.07) is 0. The van der Waals surface area contributed by atoms with Crippen molar-refractivity contribution in [1.82, 2.24) is 0 Å². The van der Waals surface area contributed by atoms with Crippen LogP contribution in [0.25, 0.3) is 0 Å². The first-order valence-corrected chi connectivity index (χ1v) is 6.92. The number of nitrogens with zero attached hydrogens (tertiary/aromatic N) is 1. The Morgan fingerprint density at radius 3 is 2.41 bits per heavy atom. The second kappa shape index (κ2) is 8.56. The lowest BCUT2D eigenvalue weighted by Gasteiger charge is -2.33. The summed E-state index contributed by atoms with van der Waals surface area (Å²) in [5, 5.41) is 0. The molecule has 0 saturated carbocycles. The zero-order valence-electron chi connectivity index (χ0n) is 11.5. The van der Waals surface area contributed by atoms with E-state index in [1.165, 1.54) is 12.8 Å². The van der Waals surface area contributed by atoms with Gasteiger partial charge in [0.1, 0.15) is 5.60 Å². The van der Waals surface area contributed by atoms with E-state index in [0.29, 0.717) is 5.92 Å². The highest BCUT2D eigenvalue weighted by atomic mass is 32.1. The molecule has 1 amide bonds. The number of rotatable bonds is 8. The van der Waals surface area contributed by atoms with Gasteiger partial charge in [0, 0.05) is 12.4 Å². The average Bonchev–Trinajstić information content (AvgIpc) is 2.28. The van der Waals surface area contributed by atoms with Crippen LogP contribution in [-0.2, 0) is 17.2 Å². The molecule has 0 aromatic rings. The van der Waals surface area contributed by atoms with Crippen molar-refractivity contribution in [2.75, 3.05) is 0 Å². The third-order valence-electron chi connectivity index (χ3n) is 3.04. The monoisotopic (exact) mass is 259 g/mol. The second-order valence-electron chi connectivity index (χ2n) is 5.05. The van der Waals surface area contributed by atoms with Crippen molar-refractivity contribution in [1.29, 1.82) is 0 Å².